The van der Waals surface area contributed by atoms with Crippen molar-refractivity contribution in [2.24, 2.45) is 0 Å². The van der Waals surface area contributed by atoms with Gasteiger partial charge in [0.2, 0.25) is 5.91 Å². The third kappa shape index (κ3) is 5.80. The molecule has 1 rings (SSSR count). The van der Waals surface area contributed by atoms with Gasteiger partial charge in [-0.2, -0.15) is 0 Å². The summed E-state index contributed by atoms with van der Waals surface area (Å²) >= 11 is 10.7. The molecule has 0 radical (unpaired) electrons. The van der Waals surface area contributed by atoms with E-state index in [1.165, 1.54) is 6.08 Å². The van der Waals surface area contributed by atoms with Gasteiger partial charge in [-0.3, -0.25) is 10.1 Å². The molecule has 1 aromatic rings. The molecular weight excluding hydrogens is 268 g/mol. The molecule has 0 spiro atoms. The fourth-order valence-electron chi connectivity index (χ4n) is 1.20. The van der Waals surface area contributed by atoms with Gasteiger partial charge in [-0.15, -0.1) is 0 Å². The number of amides is 1. The van der Waals surface area contributed by atoms with Crippen LogP contribution < -0.4 is 10.6 Å². The van der Waals surface area contributed by atoms with Crippen LogP contribution in [0, 0.1) is 0 Å². The van der Waals surface area contributed by atoms with Gasteiger partial charge < -0.3 is 5.32 Å². The van der Waals surface area contributed by atoms with Crippen LogP contribution in [0.1, 0.15) is 19.4 Å². The molecule has 0 saturated carbocycles. The van der Waals surface area contributed by atoms with E-state index in [4.69, 9.17) is 23.8 Å². The summed E-state index contributed by atoms with van der Waals surface area (Å²) in [6, 6.07) is 7.39. The molecule has 96 valence electrons. The molecule has 0 saturated heterocycles. The Labute approximate surface area is 117 Å². The SMILES string of the molecule is CC(C)NC(=S)NC(=O)/C=C/c1ccc(Cl)cc1. The second-order valence-electron chi connectivity index (χ2n) is 4.00. The second-order valence-corrected chi connectivity index (χ2v) is 4.85. The van der Waals surface area contributed by atoms with Crippen LogP contribution in [-0.4, -0.2) is 17.1 Å². The Morgan fingerprint density at radius 2 is 1.94 bits per heavy atom. The summed E-state index contributed by atoms with van der Waals surface area (Å²) < 4.78 is 0. The lowest BCUT2D eigenvalue weighted by Gasteiger charge is -2.10. The Hall–Kier alpha value is -1.39. The number of hydrogen-bond acceptors (Lipinski definition) is 2. The summed E-state index contributed by atoms with van der Waals surface area (Å²) in [4.78, 5) is 11.5. The largest absolute Gasteiger partial charge is 0.360 e. The van der Waals surface area contributed by atoms with Crippen LogP contribution >= 0.6 is 23.8 Å². The highest BCUT2D eigenvalue weighted by molar-refractivity contribution is 7.80. The molecule has 0 unspecified atom stereocenters. The third-order valence-corrected chi connectivity index (χ3v) is 2.43. The van der Waals surface area contributed by atoms with Crippen LogP contribution in [0.5, 0.6) is 0 Å². The maximum atomic E-state index is 11.5. The normalized spacial score (nSPS) is 10.7. The second kappa shape index (κ2) is 7.13. The van der Waals surface area contributed by atoms with Crippen molar-refractivity contribution in [2.45, 2.75) is 19.9 Å². The van der Waals surface area contributed by atoms with Gasteiger partial charge in [0.05, 0.1) is 0 Å². The maximum Gasteiger partial charge on any atom is 0.250 e. The molecular formula is C13H15ClN2OS. The number of thiocarbonyl (C=S) groups is 1. The molecule has 0 fully saturated rings. The van der Waals surface area contributed by atoms with Crippen LogP contribution in [0.4, 0.5) is 0 Å². The van der Waals surface area contributed by atoms with Gasteiger partial charge >= 0.3 is 0 Å². The van der Waals surface area contributed by atoms with Gasteiger partial charge in [-0.25, -0.2) is 0 Å². The number of nitrogens with one attached hydrogen (secondary N) is 2. The number of carbonyl (C=O) groups is 1. The number of rotatable bonds is 3. The smallest absolute Gasteiger partial charge is 0.250 e. The van der Waals surface area contributed by atoms with Crippen molar-refractivity contribution in [1.82, 2.24) is 10.6 Å². The number of benzene rings is 1. The lowest BCUT2D eigenvalue weighted by Crippen LogP contribution is -2.41. The molecule has 0 bridgehead atoms. The highest BCUT2D eigenvalue weighted by Crippen LogP contribution is 2.10. The topological polar surface area (TPSA) is 41.1 Å². The van der Waals surface area contributed by atoms with Crippen LogP contribution in [0.15, 0.2) is 30.3 Å². The van der Waals surface area contributed by atoms with Gasteiger partial charge in [-0.1, -0.05) is 23.7 Å². The van der Waals surface area contributed by atoms with E-state index in [-0.39, 0.29) is 11.9 Å². The van der Waals surface area contributed by atoms with Crippen molar-refractivity contribution in [3.63, 3.8) is 0 Å². The molecule has 3 nitrogen and oxygen atoms in total. The van der Waals surface area contributed by atoms with Gasteiger partial charge in [0.25, 0.3) is 0 Å². The molecule has 0 atom stereocenters. The predicted molar refractivity (Wildman–Crippen MR) is 79.5 cm³/mol. The van der Waals surface area contributed by atoms with Gasteiger partial charge in [0.15, 0.2) is 5.11 Å². The van der Waals surface area contributed by atoms with Crippen LogP contribution in [0.25, 0.3) is 6.08 Å². The zero-order chi connectivity index (χ0) is 13.5. The van der Waals surface area contributed by atoms with Crippen molar-refractivity contribution < 1.29 is 4.79 Å². The van der Waals surface area contributed by atoms with Gasteiger partial charge in [-0.05, 0) is 49.8 Å². The number of carbonyl (C=O) groups excluding carboxylic acids is 1. The zero-order valence-corrected chi connectivity index (χ0v) is 11.8. The molecule has 0 aromatic heterocycles. The van der Waals surface area contributed by atoms with Crippen molar-refractivity contribution in [3.8, 4) is 0 Å². The van der Waals surface area contributed by atoms with E-state index in [1.54, 1.807) is 18.2 Å². The standard InChI is InChI=1S/C13H15ClN2OS/c1-9(2)15-13(18)16-12(17)8-5-10-3-6-11(14)7-4-10/h3-9H,1-2H3,(H2,15,16,17,18)/b8-5+. The minimum absolute atomic E-state index is 0.193. The molecule has 0 aliphatic carbocycles. The van der Waals surface area contributed by atoms with Gasteiger partial charge in [0.1, 0.15) is 0 Å². The van der Waals surface area contributed by atoms with E-state index < -0.39 is 0 Å². The predicted octanol–water partition coefficient (Wildman–Crippen LogP) is 2.75. The van der Waals surface area contributed by atoms with Crippen molar-refractivity contribution >= 4 is 40.9 Å². The Morgan fingerprint density at radius 3 is 2.50 bits per heavy atom. The molecule has 2 N–H and O–H groups in total. The lowest BCUT2D eigenvalue weighted by molar-refractivity contribution is -0.115. The summed E-state index contributed by atoms with van der Waals surface area (Å²) in [5.74, 6) is -0.261. The first-order chi connectivity index (χ1) is 8.47. The van der Waals surface area contributed by atoms with E-state index >= 15 is 0 Å². The van der Waals surface area contributed by atoms with Gasteiger partial charge in [0, 0.05) is 17.1 Å². The first kappa shape index (κ1) is 14.7. The van der Waals surface area contributed by atoms with E-state index in [1.807, 2.05) is 26.0 Å². The number of hydrogen-bond donors (Lipinski definition) is 2. The first-order valence-corrected chi connectivity index (χ1v) is 6.31. The van der Waals surface area contributed by atoms with Crippen LogP contribution in [0.2, 0.25) is 5.02 Å². The summed E-state index contributed by atoms with van der Waals surface area (Å²) in [6.07, 6.45) is 3.13. The highest BCUT2D eigenvalue weighted by atomic mass is 35.5. The Balaban J connectivity index is 2.49. The Bertz CT molecular complexity index is 455. The molecule has 0 aliphatic rings. The number of halogens is 1. The molecule has 1 amide bonds. The first-order valence-electron chi connectivity index (χ1n) is 5.52. The zero-order valence-electron chi connectivity index (χ0n) is 10.2. The maximum absolute atomic E-state index is 11.5. The molecule has 0 heterocycles. The highest BCUT2D eigenvalue weighted by Gasteiger charge is 2.01. The van der Waals surface area contributed by atoms with Crippen LogP contribution in [0.3, 0.4) is 0 Å². The molecule has 18 heavy (non-hydrogen) atoms. The monoisotopic (exact) mass is 282 g/mol. The minimum atomic E-state index is -0.261. The average molecular weight is 283 g/mol. The summed E-state index contributed by atoms with van der Waals surface area (Å²) in [5.41, 5.74) is 0.900. The van der Waals surface area contributed by atoms with Crippen molar-refractivity contribution in [1.29, 1.82) is 0 Å². The van der Waals surface area contributed by atoms with E-state index in [0.717, 1.165) is 5.56 Å². The van der Waals surface area contributed by atoms with E-state index in [9.17, 15) is 4.79 Å². The summed E-state index contributed by atoms with van der Waals surface area (Å²) in [6.45, 7) is 3.89. The van der Waals surface area contributed by atoms with Crippen molar-refractivity contribution in [3.05, 3.63) is 40.9 Å². The summed E-state index contributed by atoms with van der Waals surface area (Å²) in [7, 11) is 0. The Morgan fingerprint density at radius 1 is 1.33 bits per heavy atom. The van der Waals surface area contributed by atoms with Crippen molar-refractivity contribution in [2.75, 3.05) is 0 Å². The molecule has 5 heteroatoms. The Kier molecular flexibility index (Phi) is 5.82. The third-order valence-electron chi connectivity index (χ3n) is 1.95. The lowest BCUT2D eigenvalue weighted by atomic mass is 10.2. The summed E-state index contributed by atoms with van der Waals surface area (Å²) in [5, 5.41) is 6.48. The average Bonchev–Trinajstić information content (AvgIpc) is 2.27. The fourth-order valence-corrected chi connectivity index (χ4v) is 1.66. The fraction of sp³-hybridized carbons (Fsp3) is 0.231. The van der Waals surface area contributed by atoms with E-state index in [2.05, 4.69) is 10.6 Å². The molecule has 1 aromatic carbocycles. The van der Waals surface area contributed by atoms with Crippen LogP contribution in [-0.2, 0) is 4.79 Å². The quantitative estimate of drug-likeness (QED) is 0.662. The molecule has 0 aliphatic heterocycles. The van der Waals surface area contributed by atoms with E-state index in [0.29, 0.717) is 10.1 Å². The minimum Gasteiger partial charge on any atom is -0.360 e.